The second-order valence-corrected chi connectivity index (χ2v) is 5.97. The molecule has 0 radical (unpaired) electrons. The van der Waals surface area contributed by atoms with Gasteiger partial charge in [-0.1, -0.05) is 6.07 Å². The lowest BCUT2D eigenvalue weighted by Crippen LogP contribution is -2.29. The summed E-state index contributed by atoms with van der Waals surface area (Å²) < 4.78 is 1.98. The summed E-state index contributed by atoms with van der Waals surface area (Å²) in [5.74, 6) is 0.0763. The molecule has 1 aliphatic rings. The first-order chi connectivity index (χ1) is 11.0. The van der Waals surface area contributed by atoms with Crippen molar-refractivity contribution >= 4 is 11.9 Å². The van der Waals surface area contributed by atoms with Crippen LogP contribution in [0.15, 0.2) is 30.6 Å². The Morgan fingerprint density at radius 2 is 2.13 bits per heavy atom. The molecule has 23 heavy (non-hydrogen) atoms. The van der Waals surface area contributed by atoms with Crippen LogP contribution in [-0.4, -0.2) is 44.5 Å². The van der Waals surface area contributed by atoms with Crippen LogP contribution in [-0.2, 0) is 7.05 Å². The van der Waals surface area contributed by atoms with Crippen molar-refractivity contribution in [1.29, 1.82) is 0 Å². The Morgan fingerprint density at radius 3 is 2.78 bits per heavy atom. The molecule has 1 aliphatic heterocycles. The number of amides is 1. The van der Waals surface area contributed by atoms with Crippen LogP contribution < -0.4 is 0 Å². The van der Waals surface area contributed by atoms with Gasteiger partial charge in [-0.2, -0.15) is 0 Å². The van der Waals surface area contributed by atoms with E-state index >= 15 is 0 Å². The van der Waals surface area contributed by atoms with Crippen LogP contribution >= 0.6 is 0 Å². The normalized spacial score (nSPS) is 17.5. The van der Waals surface area contributed by atoms with Gasteiger partial charge >= 0.3 is 5.97 Å². The van der Waals surface area contributed by atoms with Crippen LogP contribution in [0.2, 0.25) is 0 Å². The fourth-order valence-corrected chi connectivity index (χ4v) is 3.09. The van der Waals surface area contributed by atoms with E-state index in [0.29, 0.717) is 24.2 Å². The number of hydrogen-bond donors (Lipinski definition) is 1. The molecule has 2 aromatic rings. The molecule has 1 amide bonds. The van der Waals surface area contributed by atoms with E-state index in [0.717, 1.165) is 12.2 Å². The molecule has 1 aromatic heterocycles. The zero-order valence-electron chi connectivity index (χ0n) is 13.2. The van der Waals surface area contributed by atoms with Crippen LogP contribution in [0.3, 0.4) is 0 Å². The number of carbonyl (C=O) groups excluding carboxylic acids is 1. The molecule has 6 heteroatoms. The lowest BCUT2D eigenvalue weighted by Gasteiger charge is -2.17. The molecule has 1 aromatic carbocycles. The average molecular weight is 313 g/mol. The van der Waals surface area contributed by atoms with Gasteiger partial charge in [0.1, 0.15) is 5.82 Å². The molecule has 0 spiro atoms. The number of imidazole rings is 1. The highest BCUT2D eigenvalue weighted by Crippen LogP contribution is 2.27. The van der Waals surface area contributed by atoms with Crippen molar-refractivity contribution < 1.29 is 14.7 Å². The molecule has 1 saturated heterocycles. The molecule has 1 N–H and O–H groups in total. The minimum atomic E-state index is -1.01. The summed E-state index contributed by atoms with van der Waals surface area (Å²) in [6.45, 7) is 3.00. The second kappa shape index (κ2) is 5.87. The predicted molar refractivity (Wildman–Crippen MR) is 84.6 cm³/mol. The molecule has 0 aliphatic carbocycles. The van der Waals surface area contributed by atoms with Crippen molar-refractivity contribution in [2.75, 3.05) is 13.1 Å². The summed E-state index contributed by atoms with van der Waals surface area (Å²) in [5, 5.41) is 9.20. The number of rotatable bonds is 3. The summed E-state index contributed by atoms with van der Waals surface area (Å²) in [4.78, 5) is 30.0. The van der Waals surface area contributed by atoms with Gasteiger partial charge in [0.15, 0.2) is 0 Å². The molecule has 2 heterocycles. The first-order valence-corrected chi connectivity index (χ1v) is 7.58. The topological polar surface area (TPSA) is 75.4 Å². The van der Waals surface area contributed by atoms with Crippen LogP contribution in [0, 0.1) is 6.92 Å². The highest BCUT2D eigenvalue weighted by Gasteiger charge is 2.30. The number of likely N-dealkylation sites (tertiary alicyclic amines) is 1. The number of aryl methyl sites for hydroxylation is 2. The number of aromatic nitrogens is 2. The number of carboxylic acid groups (broad SMARTS) is 1. The Bertz CT molecular complexity index is 766. The van der Waals surface area contributed by atoms with E-state index in [4.69, 9.17) is 0 Å². The molecule has 1 unspecified atom stereocenters. The van der Waals surface area contributed by atoms with Gasteiger partial charge in [-0.05, 0) is 31.0 Å². The summed E-state index contributed by atoms with van der Waals surface area (Å²) in [6.07, 6.45) is 4.53. The second-order valence-electron chi connectivity index (χ2n) is 5.97. The van der Waals surface area contributed by atoms with E-state index in [1.807, 2.05) is 17.8 Å². The van der Waals surface area contributed by atoms with Gasteiger partial charge in [-0.15, -0.1) is 0 Å². The van der Waals surface area contributed by atoms with Gasteiger partial charge in [0.2, 0.25) is 0 Å². The van der Waals surface area contributed by atoms with Crippen molar-refractivity contribution in [2.45, 2.75) is 19.3 Å². The van der Waals surface area contributed by atoms with E-state index in [2.05, 4.69) is 4.98 Å². The smallest absolute Gasteiger partial charge is 0.335 e. The molecule has 6 nitrogen and oxygen atoms in total. The number of benzene rings is 1. The third-order valence-corrected chi connectivity index (χ3v) is 4.41. The standard InChI is InChI=1S/C17H19N3O3/c1-11-3-4-12(9-14(11)17(22)23)16(21)20-7-5-13(10-20)15-18-6-8-19(15)2/h3-4,6,8-9,13H,5,7,10H2,1-2H3,(H,22,23). The van der Waals surface area contributed by atoms with Gasteiger partial charge in [-0.25, -0.2) is 9.78 Å². The third-order valence-electron chi connectivity index (χ3n) is 4.41. The summed E-state index contributed by atoms with van der Waals surface area (Å²) in [5.41, 5.74) is 1.26. The average Bonchev–Trinajstić information content (AvgIpc) is 3.15. The Kier molecular flexibility index (Phi) is 3.90. The van der Waals surface area contributed by atoms with E-state index in [9.17, 15) is 14.7 Å². The number of aromatic carboxylic acids is 1. The third kappa shape index (κ3) is 2.84. The number of carboxylic acids is 1. The molecule has 1 atom stereocenters. The van der Waals surface area contributed by atoms with Gasteiger partial charge in [0, 0.05) is 44.0 Å². The zero-order chi connectivity index (χ0) is 16.6. The Labute approximate surface area is 134 Å². The quantitative estimate of drug-likeness (QED) is 0.941. The number of hydrogen-bond acceptors (Lipinski definition) is 3. The number of carbonyl (C=O) groups is 2. The lowest BCUT2D eigenvalue weighted by molar-refractivity contribution is 0.0696. The first kappa shape index (κ1) is 15.3. The largest absolute Gasteiger partial charge is 0.478 e. The zero-order valence-corrected chi connectivity index (χ0v) is 13.2. The van der Waals surface area contributed by atoms with E-state index < -0.39 is 5.97 Å². The SMILES string of the molecule is Cc1ccc(C(=O)N2CCC(c3nccn3C)C2)cc1C(=O)O. The Balaban J connectivity index is 1.78. The summed E-state index contributed by atoms with van der Waals surface area (Å²) in [7, 11) is 1.95. The molecular formula is C17H19N3O3. The number of nitrogens with zero attached hydrogens (tertiary/aromatic N) is 3. The van der Waals surface area contributed by atoms with Gasteiger partial charge < -0.3 is 14.6 Å². The maximum absolute atomic E-state index is 12.6. The van der Waals surface area contributed by atoms with Gasteiger partial charge in [-0.3, -0.25) is 4.79 Å². The lowest BCUT2D eigenvalue weighted by atomic mass is 10.0. The van der Waals surface area contributed by atoms with Crippen LogP contribution in [0.4, 0.5) is 0 Å². The van der Waals surface area contributed by atoms with Crippen molar-refractivity contribution in [3.05, 3.63) is 53.1 Å². The molecule has 120 valence electrons. The van der Waals surface area contributed by atoms with Crippen LogP contribution in [0.25, 0.3) is 0 Å². The van der Waals surface area contributed by atoms with Crippen LogP contribution in [0.5, 0.6) is 0 Å². The molecule has 3 rings (SSSR count). The van der Waals surface area contributed by atoms with Crippen molar-refractivity contribution in [3.8, 4) is 0 Å². The van der Waals surface area contributed by atoms with Gasteiger partial charge in [0.05, 0.1) is 5.56 Å². The predicted octanol–water partition coefficient (Wildman–Crippen LogP) is 2.06. The van der Waals surface area contributed by atoms with E-state index in [1.54, 1.807) is 30.2 Å². The highest BCUT2D eigenvalue weighted by atomic mass is 16.4. The van der Waals surface area contributed by atoms with Crippen molar-refractivity contribution in [2.24, 2.45) is 7.05 Å². The summed E-state index contributed by atoms with van der Waals surface area (Å²) in [6, 6.07) is 4.84. The van der Waals surface area contributed by atoms with Gasteiger partial charge in [0.25, 0.3) is 5.91 Å². The minimum absolute atomic E-state index is 0.121. The molecule has 0 saturated carbocycles. The van der Waals surface area contributed by atoms with Crippen LogP contribution in [0.1, 0.15) is 44.4 Å². The highest BCUT2D eigenvalue weighted by molar-refractivity contribution is 5.98. The fourth-order valence-electron chi connectivity index (χ4n) is 3.09. The fraction of sp³-hybridized carbons (Fsp3) is 0.353. The first-order valence-electron chi connectivity index (χ1n) is 7.58. The van der Waals surface area contributed by atoms with E-state index in [-0.39, 0.29) is 17.4 Å². The minimum Gasteiger partial charge on any atom is -0.478 e. The van der Waals surface area contributed by atoms with Crippen molar-refractivity contribution in [1.82, 2.24) is 14.5 Å². The maximum Gasteiger partial charge on any atom is 0.335 e. The molecule has 1 fully saturated rings. The Morgan fingerprint density at radius 1 is 1.35 bits per heavy atom. The summed E-state index contributed by atoms with van der Waals surface area (Å²) >= 11 is 0. The molecule has 0 bridgehead atoms. The maximum atomic E-state index is 12.6. The van der Waals surface area contributed by atoms with E-state index in [1.165, 1.54) is 6.07 Å². The van der Waals surface area contributed by atoms with Crippen molar-refractivity contribution in [3.63, 3.8) is 0 Å². The molecular weight excluding hydrogens is 294 g/mol. The Hall–Kier alpha value is -2.63. The monoisotopic (exact) mass is 313 g/mol.